The fraction of sp³-hybridized carbons (Fsp3) is 0.320. The summed E-state index contributed by atoms with van der Waals surface area (Å²) in [7, 11) is 1.55. The fourth-order valence-corrected chi connectivity index (χ4v) is 4.03. The first kappa shape index (κ1) is 30.2. The van der Waals surface area contributed by atoms with Gasteiger partial charge >= 0.3 is 0 Å². The maximum absolute atomic E-state index is 12.8. The van der Waals surface area contributed by atoms with Gasteiger partial charge in [0.1, 0.15) is 5.02 Å². The number of benzene rings is 2. The number of halogens is 3. The molecule has 0 bridgehead atoms. The minimum Gasteiger partial charge on any atom is -0.493 e. The molecule has 0 spiro atoms. The molecule has 0 unspecified atom stereocenters. The first-order chi connectivity index (χ1) is 17.0. The number of rotatable bonds is 9. The molecule has 0 saturated carbocycles. The second-order valence-electron chi connectivity index (χ2n) is 8.20. The number of nitrogens with one attached hydrogen (secondary N) is 2. The number of nitrogens with zero attached hydrogens (tertiary/aromatic N) is 3. The summed E-state index contributed by atoms with van der Waals surface area (Å²) in [5, 5.41) is 9.15. The zero-order valence-corrected chi connectivity index (χ0v) is 22.7. The number of anilines is 1. The van der Waals surface area contributed by atoms with Gasteiger partial charge in [0.25, 0.3) is 11.5 Å². The minimum absolute atomic E-state index is 0. The number of piperazine rings is 1. The molecule has 9 nitrogen and oxygen atoms in total. The highest BCUT2D eigenvalue weighted by Gasteiger charge is 2.22. The summed E-state index contributed by atoms with van der Waals surface area (Å²) in [5.74, 6) is 0.944. The largest absolute Gasteiger partial charge is 0.493 e. The number of hydrogen-bond donors (Lipinski definition) is 2. The molecule has 0 aliphatic carbocycles. The van der Waals surface area contributed by atoms with Crippen LogP contribution in [0.3, 0.4) is 0 Å². The average Bonchev–Trinajstić information content (AvgIpc) is 2.89. The lowest BCUT2D eigenvalue weighted by Crippen LogP contribution is -2.49. The SMILES string of the molecule is COc1ccc(CNc2cn[nH]c(=O)c2Cl)cc1OCC(=O)N1CCN(Cc2ccccc2)CC1.Cl.Cl. The number of carbonyl (C=O) groups excluding carboxylic acids is 1. The van der Waals surface area contributed by atoms with E-state index in [4.69, 9.17) is 21.1 Å². The van der Waals surface area contributed by atoms with Crippen molar-refractivity contribution in [3.63, 3.8) is 0 Å². The van der Waals surface area contributed by atoms with E-state index in [1.807, 2.05) is 29.2 Å². The molecule has 0 radical (unpaired) electrons. The summed E-state index contributed by atoms with van der Waals surface area (Å²) >= 11 is 6.01. The average molecular weight is 571 g/mol. The van der Waals surface area contributed by atoms with Crippen molar-refractivity contribution in [2.24, 2.45) is 0 Å². The van der Waals surface area contributed by atoms with E-state index >= 15 is 0 Å². The summed E-state index contributed by atoms with van der Waals surface area (Å²) < 4.78 is 11.2. The number of ether oxygens (including phenoxy) is 2. The van der Waals surface area contributed by atoms with Crippen LogP contribution in [0.2, 0.25) is 5.02 Å². The summed E-state index contributed by atoms with van der Waals surface area (Å²) in [6, 6.07) is 15.8. The molecule has 1 aliphatic rings. The van der Waals surface area contributed by atoms with E-state index in [1.165, 1.54) is 11.8 Å². The van der Waals surface area contributed by atoms with E-state index in [-0.39, 0.29) is 42.4 Å². The van der Waals surface area contributed by atoms with Gasteiger partial charge in [-0.2, -0.15) is 5.10 Å². The lowest BCUT2D eigenvalue weighted by molar-refractivity contribution is -0.135. The van der Waals surface area contributed by atoms with E-state index < -0.39 is 5.56 Å². The summed E-state index contributed by atoms with van der Waals surface area (Å²) in [6.45, 7) is 4.17. The number of H-pyrrole nitrogens is 1. The van der Waals surface area contributed by atoms with Crippen molar-refractivity contribution >= 4 is 48.0 Å². The summed E-state index contributed by atoms with van der Waals surface area (Å²) in [6.07, 6.45) is 1.45. The third kappa shape index (κ3) is 8.26. The fourth-order valence-electron chi connectivity index (χ4n) is 3.88. The Labute approximate surface area is 232 Å². The second kappa shape index (κ2) is 14.7. The molecule has 4 rings (SSSR count). The molecule has 1 aliphatic heterocycles. The Morgan fingerprint density at radius 2 is 1.78 bits per heavy atom. The topological polar surface area (TPSA) is 99.8 Å². The molecule has 3 aromatic rings. The van der Waals surface area contributed by atoms with Crippen LogP contribution in [0.4, 0.5) is 5.69 Å². The highest BCUT2D eigenvalue weighted by atomic mass is 35.5. The Hall–Kier alpha value is -2.98. The van der Waals surface area contributed by atoms with E-state index in [0.29, 0.717) is 36.8 Å². The molecule has 12 heteroatoms. The molecule has 200 valence electrons. The van der Waals surface area contributed by atoms with Crippen molar-refractivity contribution < 1.29 is 14.3 Å². The quantitative estimate of drug-likeness (QED) is 0.405. The van der Waals surface area contributed by atoms with Crippen LogP contribution in [-0.4, -0.2) is 65.8 Å². The monoisotopic (exact) mass is 569 g/mol. The molecule has 37 heavy (non-hydrogen) atoms. The summed E-state index contributed by atoms with van der Waals surface area (Å²) in [4.78, 5) is 28.6. The van der Waals surface area contributed by atoms with Gasteiger partial charge in [0, 0.05) is 39.3 Å². The number of aromatic amines is 1. The Kier molecular flexibility index (Phi) is 12.0. The smallest absolute Gasteiger partial charge is 0.285 e. The molecule has 2 heterocycles. The van der Waals surface area contributed by atoms with Gasteiger partial charge in [0.05, 0.1) is 19.0 Å². The number of aromatic nitrogens is 2. The number of methoxy groups -OCH3 is 1. The molecule has 1 fully saturated rings. The van der Waals surface area contributed by atoms with E-state index in [0.717, 1.165) is 25.2 Å². The predicted molar refractivity (Wildman–Crippen MR) is 148 cm³/mol. The number of hydrogen-bond acceptors (Lipinski definition) is 7. The van der Waals surface area contributed by atoms with Crippen molar-refractivity contribution in [1.29, 1.82) is 0 Å². The summed E-state index contributed by atoms with van der Waals surface area (Å²) in [5.41, 5.74) is 2.10. The van der Waals surface area contributed by atoms with Crippen molar-refractivity contribution in [3.05, 3.63) is 81.2 Å². The predicted octanol–water partition coefficient (Wildman–Crippen LogP) is 3.61. The van der Waals surface area contributed by atoms with Crippen LogP contribution in [0.15, 0.2) is 59.5 Å². The van der Waals surface area contributed by atoms with Crippen LogP contribution < -0.4 is 20.3 Å². The number of carbonyl (C=O) groups is 1. The second-order valence-corrected chi connectivity index (χ2v) is 8.57. The maximum atomic E-state index is 12.8. The molecule has 0 atom stereocenters. The Bertz CT molecular complexity index is 1200. The van der Waals surface area contributed by atoms with Gasteiger partial charge in [-0.3, -0.25) is 14.5 Å². The van der Waals surface area contributed by atoms with Crippen LogP contribution >= 0.6 is 36.4 Å². The van der Waals surface area contributed by atoms with Gasteiger partial charge in [0.15, 0.2) is 18.1 Å². The molecule has 2 N–H and O–H groups in total. The van der Waals surface area contributed by atoms with Gasteiger partial charge in [-0.05, 0) is 23.3 Å². The normalized spacial score (nSPS) is 13.2. The standard InChI is InChI=1S/C25H28ClN5O4.2ClH/c1-34-21-8-7-19(14-27-20-15-28-29-25(33)24(20)26)13-22(21)35-17-23(32)31-11-9-30(10-12-31)16-18-5-3-2-4-6-18;;/h2-8,13,15H,9-12,14,16-17H2,1H3,(H2,27,29,33);2*1H. The van der Waals surface area contributed by atoms with Crippen molar-refractivity contribution in [2.75, 3.05) is 45.2 Å². The first-order valence-electron chi connectivity index (χ1n) is 11.3. The van der Waals surface area contributed by atoms with Gasteiger partial charge in [0.2, 0.25) is 0 Å². The van der Waals surface area contributed by atoms with Gasteiger partial charge in [-0.1, -0.05) is 48.0 Å². The van der Waals surface area contributed by atoms with E-state index in [9.17, 15) is 9.59 Å². The highest BCUT2D eigenvalue weighted by molar-refractivity contribution is 6.32. The Morgan fingerprint density at radius 3 is 2.49 bits per heavy atom. The third-order valence-corrected chi connectivity index (χ3v) is 6.21. The molecule has 1 aromatic heterocycles. The maximum Gasteiger partial charge on any atom is 0.285 e. The van der Waals surface area contributed by atoms with Gasteiger partial charge < -0.3 is 19.7 Å². The van der Waals surface area contributed by atoms with Gasteiger partial charge in [-0.25, -0.2) is 5.10 Å². The lowest BCUT2D eigenvalue weighted by atomic mass is 10.2. The van der Waals surface area contributed by atoms with Gasteiger partial charge in [-0.15, -0.1) is 24.8 Å². The van der Waals surface area contributed by atoms with Crippen LogP contribution in [0.5, 0.6) is 11.5 Å². The van der Waals surface area contributed by atoms with Crippen molar-refractivity contribution in [1.82, 2.24) is 20.0 Å². The van der Waals surface area contributed by atoms with E-state index in [2.05, 4.69) is 32.5 Å². The Morgan fingerprint density at radius 1 is 1.05 bits per heavy atom. The third-order valence-electron chi connectivity index (χ3n) is 5.83. The van der Waals surface area contributed by atoms with E-state index in [1.54, 1.807) is 19.2 Å². The van der Waals surface area contributed by atoms with Crippen LogP contribution in [0.25, 0.3) is 0 Å². The molecular formula is C25H30Cl3N5O4. The molecule has 1 saturated heterocycles. The number of amides is 1. The molecule has 1 amide bonds. The zero-order valence-electron chi connectivity index (χ0n) is 20.3. The lowest BCUT2D eigenvalue weighted by Gasteiger charge is -2.34. The highest BCUT2D eigenvalue weighted by Crippen LogP contribution is 2.29. The Balaban J connectivity index is 0.00000241. The first-order valence-corrected chi connectivity index (χ1v) is 11.7. The van der Waals surface area contributed by atoms with Crippen molar-refractivity contribution in [3.8, 4) is 11.5 Å². The van der Waals surface area contributed by atoms with Crippen molar-refractivity contribution in [2.45, 2.75) is 13.1 Å². The van der Waals surface area contributed by atoms with Crippen LogP contribution in [0.1, 0.15) is 11.1 Å². The minimum atomic E-state index is -0.463. The molecular weight excluding hydrogens is 541 g/mol. The zero-order chi connectivity index (χ0) is 24.6. The van der Waals surface area contributed by atoms with Crippen LogP contribution in [0, 0.1) is 0 Å². The van der Waals surface area contributed by atoms with Crippen LogP contribution in [-0.2, 0) is 17.9 Å². The molecule has 2 aromatic carbocycles.